The predicted octanol–water partition coefficient (Wildman–Crippen LogP) is 4.95. The van der Waals surface area contributed by atoms with Crippen LogP contribution in [0.4, 0.5) is 24.5 Å². The number of nitrogen functional groups attached to an aromatic ring is 2. The number of ether oxygens (including phenoxy) is 3. The number of unbranched alkanes of at least 4 members (excludes halogenated alkanes) is 3. The summed E-state index contributed by atoms with van der Waals surface area (Å²) >= 11 is 0. The highest BCUT2D eigenvalue weighted by molar-refractivity contribution is 5.87. The Balaban J connectivity index is 1.55. The first-order valence-electron chi connectivity index (χ1n) is 9.71. The Labute approximate surface area is 178 Å². The fraction of sp³-hybridized carbons (Fsp3) is 0.318. The second-order valence-electron chi connectivity index (χ2n) is 6.68. The van der Waals surface area contributed by atoms with E-state index in [-0.39, 0.29) is 12.4 Å². The molecule has 0 atom stereocenters. The van der Waals surface area contributed by atoms with Crippen molar-refractivity contribution in [2.75, 3.05) is 24.7 Å². The van der Waals surface area contributed by atoms with Crippen molar-refractivity contribution < 1.29 is 32.2 Å². The summed E-state index contributed by atoms with van der Waals surface area (Å²) in [7, 11) is 0. The Morgan fingerprint density at radius 3 is 2.26 bits per heavy atom. The van der Waals surface area contributed by atoms with E-state index in [1.54, 1.807) is 18.2 Å². The first kappa shape index (κ1) is 23.9. The molecule has 4 N–H and O–H groups in total. The molecular formula is C22H25F3N2O4. The van der Waals surface area contributed by atoms with Crippen molar-refractivity contribution in [2.24, 2.45) is 0 Å². The van der Waals surface area contributed by atoms with E-state index in [1.807, 2.05) is 0 Å². The molecule has 0 aliphatic carbocycles. The van der Waals surface area contributed by atoms with Gasteiger partial charge in [0.2, 0.25) is 0 Å². The van der Waals surface area contributed by atoms with Crippen LogP contribution in [-0.4, -0.2) is 25.5 Å². The van der Waals surface area contributed by atoms with E-state index >= 15 is 0 Å². The molecule has 168 valence electrons. The third kappa shape index (κ3) is 9.79. The second kappa shape index (κ2) is 11.7. The van der Waals surface area contributed by atoms with Gasteiger partial charge in [0, 0.05) is 11.8 Å². The zero-order chi connectivity index (χ0) is 22.7. The van der Waals surface area contributed by atoms with Gasteiger partial charge in [0.15, 0.2) is 0 Å². The van der Waals surface area contributed by atoms with Crippen molar-refractivity contribution >= 4 is 23.4 Å². The smallest absolute Gasteiger partial charge is 0.491 e. The van der Waals surface area contributed by atoms with Crippen LogP contribution in [-0.2, 0) is 9.53 Å². The van der Waals surface area contributed by atoms with Gasteiger partial charge in [-0.3, -0.25) is 0 Å². The van der Waals surface area contributed by atoms with E-state index in [1.165, 1.54) is 36.4 Å². The minimum atomic E-state index is -4.74. The van der Waals surface area contributed by atoms with Gasteiger partial charge in [0.25, 0.3) is 0 Å². The van der Waals surface area contributed by atoms with Crippen molar-refractivity contribution in [1.29, 1.82) is 0 Å². The Morgan fingerprint density at radius 2 is 1.61 bits per heavy atom. The van der Waals surface area contributed by atoms with Gasteiger partial charge in [-0.15, -0.1) is 13.2 Å². The van der Waals surface area contributed by atoms with Crippen LogP contribution in [0.25, 0.3) is 6.08 Å². The average molecular weight is 438 g/mol. The standard InChI is InChI=1S/C22H25F3N2O4/c23-22(24,25)31-18-9-5-16(6-10-18)7-12-21(28)30-14-4-2-1-3-13-29-20-11-8-17(26)15-19(20)27/h5-12,15H,1-4,13-14,26-27H2. The lowest BCUT2D eigenvalue weighted by atomic mass is 10.2. The monoisotopic (exact) mass is 438 g/mol. The van der Waals surface area contributed by atoms with Gasteiger partial charge < -0.3 is 25.7 Å². The lowest BCUT2D eigenvalue weighted by Crippen LogP contribution is -2.16. The quantitative estimate of drug-likeness (QED) is 0.223. The van der Waals surface area contributed by atoms with Gasteiger partial charge >= 0.3 is 12.3 Å². The van der Waals surface area contributed by atoms with Gasteiger partial charge in [0.1, 0.15) is 11.5 Å². The maximum atomic E-state index is 12.1. The lowest BCUT2D eigenvalue weighted by Gasteiger charge is -2.09. The number of hydrogen-bond acceptors (Lipinski definition) is 6. The normalized spacial score (nSPS) is 11.5. The largest absolute Gasteiger partial charge is 0.573 e. The Kier molecular flexibility index (Phi) is 9.05. The molecule has 0 saturated carbocycles. The molecule has 0 bridgehead atoms. The second-order valence-corrected chi connectivity index (χ2v) is 6.68. The van der Waals surface area contributed by atoms with Gasteiger partial charge in [-0.2, -0.15) is 0 Å². The van der Waals surface area contributed by atoms with E-state index in [0.29, 0.717) is 35.7 Å². The number of halogens is 3. The summed E-state index contributed by atoms with van der Waals surface area (Å²) in [6.07, 6.45) is 1.29. The van der Waals surface area contributed by atoms with Crippen LogP contribution in [0.1, 0.15) is 31.2 Å². The molecule has 0 saturated heterocycles. The number of alkyl halides is 3. The molecule has 0 heterocycles. The van der Waals surface area contributed by atoms with E-state index in [2.05, 4.69) is 4.74 Å². The fourth-order valence-electron chi connectivity index (χ4n) is 2.60. The maximum Gasteiger partial charge on any atom is 0.573 e. The molecule has 0 aliphatic heterocycles. The minimum absolute atomic E-state index is 0.285. The first-order chi connectivity index (χ1) is 14.7. The van der Waals surface area contributed by atoms with Crippen molar-refractivity contribution in [3.8, 4) is 11.5 Å². The molecule has 31 heavy (non-hydrogen) atoms. The molecule has 0 spiro atoms. The van der Waals surface area contributed by atoms with Crippen LogP contribution < -0.4 is 20.9 Å². The zero-order valence-corrected chi connectivity index (χ0v) is 16.9. The van der Waals surface area contributed by atoms with E-state index in [4.69, 9.17) is 20.9 Å². The molecule has 0 aliphatic rings. The highest BCUT2D eigenvalue weighted by Gasteiger charge is 2.30. The van der Waals surface area contributed by atoms with Gasteiger partial charge in [0.05, 0.1) is 18.9 Å². The highest BCUT2D eigenvalue weighted by Crippen LogP contribution is 2.24. The Morgan fingerprint density at radius 1 is 0.935 bits per heavy atom. The van der Waals surface area contributed by atoms with Crippen LogP contribution >= 0.6 is 0 Å². The van der Waals surface area contributed by atoms with Gasteiger partial charge in [-0.05, 0) is 67.7 Å². The topological polar surface area (TPSA) is 96.8 Å². The highest BCUT2D eigenvalue weighted by atomic mass is 19.4. The van der Waals surface area contributed by atoms with Gasteiger partial charge in [-0.25, -0.2) is 4.79 Å². The summed E-state index contributed by atoms with van der Waals surface area (Å²) in [5.41, 5.74) is 13.1. The summed E-state index contributed by atoms with van der Waals surface area (Å²) in [6.45, 7) is 0.816. The first-order valence-corrected chi connectivity index (χ1v) is 9.71. The summed E-state index contributed by atoms with van der Waals surface area (Å²) < 4.78 is 50.8. The third-order valence-electron chi connectivity index (χ3n) is 4.10. The fourth-order valence-corrected chi connectivity index (χ4v) is 2.60. The lowest BCUT2D eigenvalue weighted by molar-refractivity contribution is -0.274. The number of esters is 1. The summed E-state index contributed by atoms with van der Waals surface area (Å²) in [6, 6.07) is 10.3. The number of hydrogen-bond donors (Lipinski definition) is 2. The average Bonchev–Trinajstić information content (AvgIpc) is 2.69. The molecule has 0 unspecified atom stereocenters. The van der Waals surface area contributed by atoms with Crippen molar-refractivity contribution in [1.82, 2.24) is 0 Å². The molecule has 0 fully saturated rings. The van der Waals surface area contributed by atoms with Crippen LogP contribution in [0.15, 0.2) is 48.5 Å². The SMILES string of the molecule is Nc1ccc(OCCCCCCOC(=O)C=Cc2ccc(OC(F)(F)F)cc2)c(N)c1. The molecule has 0 amide bonds. The predicted molar refractivity (Wildman–Crippen MR) is 112 cm³/mol. The number of carbonyl (C=O) groups excluding carboxylic acids is 1. The summed E-state index contributed by atoms with van der Waals surface area (Å²) in [4.78, 5) is 11.7. The van der Waals surface area contributed by atoms with Crippen LogP contribution in [0.5, 0.6) is 11.5 Å². The number of benzene rings is 2. The van der Waals surface area contributed by atoms with Crippen molar-refractivity contribution in [3.05, 3.63) is 54.1 Å². The molecule has 2 rings (SSSR count). The molecule has 2 aromatic carbocycles. The number of anilines is 2. The molecule has 9 heteroatoms. The summed E-state index contributed by atoms with van der Waals surface area (Å²) in [5.74, 6) is -0.232. The molecule has 0 radical (unpaired) electrons. The number of nitrogens with two attached hydrogens (primary N) is 2. The zero-order valence-electron chi connectivity index (χ0n) is 16.9. The van der Waals surface area contributed by atoms with E-state index < -0.39 is 12.3 Å². The Hall–Kier alpha value is -3.36. The third-order valence-corrected chi connectivity index (χ3v) is 4.10. The van der Waals surface area contributed by atoms with E-state index in [9.17, 15) is 18.0 Å². The molecule has 6 nitrogen and oxygen atoms in total. The van der Waals surface area contributed by atoms with Crippen LogP contribution in [0, 0.1) is 0 Å². The molecule has 2 aromatic rings. The van der Waals surface area contributed by atoms with Crippen LogP contribution in [0.3, 0.4) is 0 Å². The van der Waals surface area contributed by atoms with Crippen molar-refractivity contribution in [3.63, 3.8) is 0 Å². The number of carbonyl (C=O) groups is 1. The van der Waals surface area contributed by atoms with Gasteiger partial charge in [-0.1, -0.05) is 12.1 Å². The van der Waals surface area contributed by atoms with E-state index in [0.717, 1.165) is 19.3 Å². The summed E-state index contributed by atoms with van der Waals surface area (Å²) in [5, 5.41) is 0. The van der Waals surface area contributed by atoms with Crippen LogP contribution in [0.2, 0.25) is 0 Å². The molecule has 0 aromatic heterocycles. The molecular weight excluding hydrogens is 413 g/mol. The minimum Gasteiger partial charge on any atom is -0.491 e. The Bertz CT molecular complexity index is 868. The van der Waals surface area contributed by atoms with Crippen molar-refractivity contribution in [2.45, 2.75) is 32.0 Å². The maximum absolute atomic E-state index is 12.1. The number of rotatable bonds is 11.